The summed E-state index contributed by atoms with van der Waals surface area (Å²) in [5, 5.41) is 2.84. The zero-order chi connectivity index (χ0) is 16.9. The van der Waals surface area contributed by atoms with Crippen molar-refractivity contribution in [1.29, 1.82) is 0 Å². The molecule has 3 rings (SSSR count). The first-order valence-electron chi connectivity index (χ1n) is 8.64. The Balaban J connectivity index is 1.45. The van der Waals surface area contributed by atoms with Crippen LogP contribution in [-0.2, 0) is 16.1 Å². The van der Waals surface area contributed by atoms with E-state index in [-0.39, 0.29) is 18.0 Å². The summed E-state index contributed by atoms with van der Waals surface area (Å²) < 4.78 is 5.72. The lowest BCUT2D eigenvalue weighted by molar-refractivity contribution is -0.144. The van der Waals surface area contributed by atoms with Crippen molar-refractivity contribution in [1.82, 2.24) is 15.1 Å². The number of hydrogen-bond acceptors (Lipinski definition) is 3. The van der Waals surface area contributed by atoms with Crippen LogP contribution in [0.25, 0.3) is 0 Å². The number of ether oxygens (including phenoxy) is 1. The van der Waals surface area contributed by atoms with Gasteiger partial charge in [0.25, 0.3) is 5.91 Å². The Kier molecular flexibility index (Phi) is 5.35. The number of likely N-dealkylation sites (tertiary alicyclic amines) is 1. The molecule has 6 nitrogen and oxygen atoms in total. The average molecular weight is 331 g/mol. The van der Waals surface area contributed by atoms with Crippen molar-refractivity contribution in [3.63, 3.8) is 0 Å². The summed E-state index contributed by atoms with van der Waals surface area (Å²) in [6, 6.07) is 10.1. The molecular formula is C18H25N3O3. The van der Waals surface area contributed by atoms with E-state index in [1.54, 1.807) is 0 Å². The third-order valence-corrected chi connectivity index (χ3v) is 4.80. The standard InChI is InChI=1S/C18H25N3O3/c1-14(24-13-15-5-3-2-4-6-15)17(22)20-10-7-16(8-11-20)21-12-9-19-18(21)23/h2-6,14,16H,7-13H2,1H3,(H,19,23)/t14-/m0/s1. The molecule has 0 radical (unpaired) electrons. The van der Waals surface area contributed by atoms with Crippen LogP contribution < -0.4 is 5.32 Å². The molecule has 1 N–H and O–H groups in total. The third kappa shape index (κ3) is 3.87. The van der Waals surface area contributed by atoms with E-state index in [9.17, 15) is 9.59 Å². The van der Waals surface area contributed by atoms with Gasteiger partial charge in [-0.1, -0.05) is 30.3 Å². The first kappa shape index (κ1) is 16.8. The van der Waals surface area contributed by atoms with Crippen LogP contribution >= 0.6 is 0 Å². The summed E-state index contributed by atoms with van der Waals surface area (Å²) in [4.78, 5) is 28.0. The van der Waals surface area contributed by atoms with Crippen LogP contribution in [0.5, 0.6) is 0 Å². The van der Waals surface area contributed by atoms with Crippen molar-refractivity contribution >= 4 is 11.9 Å². The molecule has 1 aromatic rings. The summed E-state index contributed by atoms with van der Waals surface area (Å²) in [6.07, 6.45) is 1.23. The maximum absolute atomic E-state index is 12.5. The number of urea groups is 1. The Morgan fingerprint density at radius 3 is 2.58 bits per heavy atom. The number of amides is 3. The molecule has 0 aromatic heterocycles. The molecule has 3 amide bonds. The third-order valence-electron chi connectivity index (χ3n) is 4.80. The predicted molar refractivity (Wildman–Crippen MR) is 90.4 cm³/mol. The van der Waals surface area contributed by atoms with Crippen LogP contribution in [0.15, 0.2) is 30.3 Å². The van der Waals surface area contributed by atoms with E-state index in [1.807, 2.05) is 47.1 Å². The van der Waals surface area contributed by atoms with Crippen molar-refractivity contribution in [2.24, 2.45) is 0 Å². The highest BCUT2D eigenvalue weighted by molar-refractivity contribution is 5.80. The van der Waals surface area contributed by atoms with Gasteiger partial charge in [0.1, 0.15) is 6.10 Å². The Morgan fingerprint density at radius 1 is 1.25 bits per heavy atom. The molecule has 0 bridgehead atoms. The van der Waals surface area contributed by atoms with Gasteiger partial charge in [-0.2, -0.15) is 0 Å². The van der Waals surface area contributed by atoms with E-state index >= 15 is 0 Å². The van der Waals surface area contributed by atoms with E-state index in [4.69, 9.17) is 4.74 Å². The first-order valence-corrected chi connectivity index (χ1v) is 8.64. The fourth-order valence-electron chi connectivity index (χ4n) is 3.36. The summed E-state index contributed by atoms with van der Waals surface area (Å²) in [7, 11) is 0. The molecule has 0 spiro atoms. The van der Waals surface area contributed by atoms with Crippen LogP contribution in [0, 0.1) is 0 Å². The summed E-state index contributed by atoms with van der Waals surface area (Å²) in [5.41, 5.74) is 1.07. The number of benzene rings is 1. The van der Waals surface area contributed by atoms with Gasteiger partial charge < -0.3 is 19.9 Å². The number of carbonyl (C=O) groups is 2. The van der Waals surface area contributed by atoms with Gasteiger partial charge in [-0.25, -0.2) is 4.79 Å². The van der Waals surface area contributed by atoms with Crippen LogP contribution in [-0.4, -0.2) is 60.1 Å². The number of piperidine rings is 1. The second-order valence-corrected chi connectivity index (χ2v) is 6.42. The Hall–Kier alpha value is -2.08. The van der Waals surface area contributed by atoms with Crippen molar-refractivity contribution in [2.75, 3.05) is 26.2 Å². The second kappa shape index (κ2) is 7.66. The Bertz CT molecular complexity index is 570. The highest BCUT2D eigenvalue weighted by Gasteiger charge is 2.33. The van der Waals surface area contributed by atoms with Crippen LogP contribution in [0.3, 0.4) is 0 Å². The molecule has 2 aliphatic rings. The van der Waals surface area contributed by atoms with Gasteiger partial charge in [0.2, 0.25) is 0 Å². The Morgan fingerprint density at radius 2 is 1.96 bits per heavy atom. The molecule has 0 saturated carbocycles. The number of nitrogens with one attached hydrogen (secondary N) is 1. The Labute approximate surface area is 142 Å². The topological polar surface area (TPSA) is 61.9 Å². The largest absolute Gasteiger partial charge is 0.364 e. The summed E-state index contributed by atoms with van der Waals surface area (Å²) >= 11 is 0. The zero-order valence-corrected chi connectivity index (χ0v) is 14.1. The van der Waals surface area contributed by atoms with Crippen LogP contribution in [0.1, 0.15) is 25.3 Å². The van der Waals surface area contributed by atoms with E-state index in [1.165, 1.54) is 0 Å². The van der Waals surface area contributed by atoms with Crippen LogP contribution in [0.4, 0.5) is 4.79 Å². The molecule has 1 atom stereocenters. The molecule has 2 heterocycles. The number of carbonyl (C=O) groups excluding carboxylic acids is 2. The minimum Gasteiger partial charge on any atom is -0.364 e. The van der Waals surface area contributed by atoms with Crippen molar-refractivity contribution < 1.29 is 14.3 Å². The molecule has 1 aromatic carbocycles. The molecule has 2 fully saturated rings. The summed E-state index contributed by atoms with van der Waals surface area (Å²) in [5.74, 6) is 0.0373. The van der Waals surface area contributed by atoms with Crippen molar-refractivity contribution in [3.05, 3.63) is 35.9 Å². The van der Waals surface area contributed by atoms with Gasteiger partial charge in [-0.05, 0) is 25.3 Å². The van der Waals surface area contributed by atoms with Crippen molar-refractivity contribution in [2.45, 2.75) is 38.5 Å². The maximum Gasteiger partial charge on any atom is 0.317 e. The SMILES string of the molecule is C[C@H](OCc1ccccc1)C(=O)N1CCC(N2CCNC2=O)CC1. The minimum absolute atomic E-state index is 0.0272. The molecule has 0 aliphatic carbocycles. The number of hydrogen-bond donors (Lipinski definition) is 1. The van der Waals surface area contributed by atoms with Gasteiger partial charge in [0.15, 0.2) is 0 Å². The quantitative estimate of drug-likeness (QED) is 0.892. The van der Waals surface area contributed by atoms with E-state index in [0.717, 1.165) is 31.5 Å². The lowest BCUT2D eigenvalue weighted by Crippen LogP contribution is -2.49. The minimum atomic E-state index is -0.447. The fourth-order valence-corrected chi connectivity index (χ4v) is 3.36. The van der Waals surface area contributed by atoms with Gasteiger partial charge in [-0.3, -0.25) is 4.79 Å². The van der Waals surface area contributed by atoms with E-state index in [2.05, 4.69) is 5.32 Å². The first-order chi connectivity index (χ1) is 11.6. The smallest absolute Gasteiger partial charge is 0.317 e. The van der Waals surface area contributed by atoms with Gasteiger partial charge >= 0.3 is 6.03 Å². The van der Waals surface area contributed by atoms with E-state index in [0.29, 0.717) is 19.7 Å². The van der Waals surface area contributed by atoms with Crippen molar-refractivity contribution in [3.8, 4) is 0 Å². The average Bonchev–Trinajstić information content (AvgIpc) is 3.06. The monoisotopic (exact) mass is 331 g/mol. The molecule has 0 unspecified atom stereocenters. The zero-order valence-electron chi connectivity index (χ0n) is 14.1. The number of rotatable bonds is 5. The number of nitrogens with zero attached hydrogens (tertiary/aromatic N) is 2. The van der Waals surface area contributed by atoms with E-state index < -0.39 is 6.10 Å². The normalized spacial score (nSPS) is 20.1. The summed E-state index contributed by atoms with van der Waals surface area (Å²) in [6.45, 7) is 5.12. The van der Waals surface area contributed by atoms with Gasteiger partial charge in [0.05, 0.1) is 6.61 Å². The predicted octanol–water partition coefficient (Wildman–Crippen LogP) is 1.61. The highest BCUT2D eigenvalue weighted by atomic mass is 16.5. The molecular weight excluding hydrogens is 306 g/mol. The van der Waals surface area contributed by atoms with Gasteiger partial charge in [0, 0.05) is 32.2 Å². The fraction of sp³-hybridized carbons (Fsp3) is 0.556. The van der Waals surface area contributed by atoms with Crippen LogP contribution in [0.2, 0.25) is 0 Å². The molecule has 24 heavy (non-hydrogen) atoms. The van der Waals surface area contributed by atoms with Gasteiger partial charge in [-0.15, -0.1) is 0 Å². The molecule has 2 aliphatic heterocycles. The molecule has 2 saturated heterocycles. The molecule has 6 heteroatoms. The second-order valence-electron chi connectivity index (χ2n) is 6.42. The lowest BCUT2D eigenvalue weighted by atomic mass is 10.0. The highest BCUT2D eigenvalue weighted by Crippen LogP contribution is 2.19. The maximum atomic E-state index is 12.5. The lowest BCUT2D eigenvalue weighted by Gasteiger charge is -2.37. The molecule has 130 valence electrons.